The molecule has 4 rings (SSSR count). The van der Waals surface area contributed by atoms with E-state index < -0.39 is 6.04 Å². The minimum atomic E-state index is -0.604. The Bertz CT molecular complexity index is 1040. The van der Waals surface area contributed by atoms with Crippen molar-refractivity contribution >= 4 is 34.1 Å². The third-order valence-corrected chi connectivity index (χ3v) is 6.61. The lowest BCUT2D eigenvalue weighted by Crippen LogP contribution is -2.43. The normalized spacial score (nSPS) is 17.4. The van der Waals surface area contributed by atoms with Gasteiger partial charge in [-0.1, -0.05) is 12.1 Å². The fourth-order valence-electron chi connectivity index (χ4n) is 4.06. The number of thiophene rings is 1. The van der Waals surface area contributed by atoms with Gasteiger partial charge < -0.3 is 15.1 Å². The smallest absolute Gasteiger partial charge is 0.257 e. The number of anilines is 1. The first-order valence-electron chi connectivity index (χ1n) is 9.66. The molecule has 2 aromatic rings. The molecule has 9 heteroatoms. The minimum Gasteiger partial charge on any atom is -0.336 e. The zero-order valence-corrected chi connectivity index (χ0v) is 17.9. The summed E-state index contributed by atoms with van der Waals surface area (Å²) in [6, 6.07) is 5.49. The average molecular weight is 431 g/mol. The second-order valence-electron chi connectivity index (χ2n) is 7.85. The van der Waals surface area contributed by atoms with Crippen LogP contribution in [0.25, 0.3) is 0 Å². The summed E-state index contributed by atoms with van der Waals surface area (Å²) in [5.74, 6) is -0.901. The summed E-state index contributed by atoms with van der Waals surface area (Å²) in [5.41, 5.74) is 2.05. The summed E-state index contributed by atoms with van der Waals surface area (Å²) < 4.78 is 13.7. The predicted octanol–water partition coefficient (Wildman–Crippen LogP) is 2.10. The number of hydrogen-bond donors (Lipinski definition) is 1. The molecule has 1 atom stereocenters. The van der Waals surface area contributed by atoms with Gasteiger partial charge in [0.2, 0.25) is 11.8 Å². The molecule has 1 N–H and O–H groups in total. The van der Waals surface area contributed by atoms with Gasteiger partial charge in [-0.15, -0.1) is 11.3 Å². The van der Waals surface area contributed by atoms with Crippen molar-refractivity contribution in [3.05, 3.63) is 51.7 Å². The molecule has 3 amide bonds. The molecule has 1 unspecified atom stereocenters. The van der Waals surface area contributed by atoms with E-state index in [1.165, 1.54) is 28.4 Å². The van der Waals surface area contributed by atoms with Gasteiger partial charge in [0.15, 0.2) is 0 Å². The number of fused-ring (bicyclic) bond motifs is 3. The number of carbonyl (C=O) groups excluding carboxylic acids is 3. The Kier molecular flexibility index (Phi) is 5.33. The van der Waals surface area contributed by atoms with Crippen LogP contribution in [-0.4, -0.2) is 66.7 Å². The maximum atomic E-state index is 13.7. The molecule has 0 aliphatic carbocycles. The van der Waals surface area contributed by atoms with E-state index in [-0.39, 0.29) is 30.1 Å². The number of amides is 3. The minimum absolute atomic E-state index is 0.0256. The predicted molar refractivity (Wildman–Crippen MR) is 112 cm³/mol. The van der Waals surface area contributed by atoms with Crippen molar-refractivity contribution in [2.24, 2.45) is 0 Å². The van der Waals surface area contributed by atoms with Crippen LogP contribution in [0.1, 0.15) is 32.4 Å². The van der Waals surface area contributed by atoms with Crippen molar-refractivity contribution in [2.45, 2.75) is 19.0 Å². The van der Waals surface area contributed by atoms with E-state index in [2.05, 4.69) is 5.32 Å². The van der Waals surface area contributed by atoms with Gasteiger partial charge in [-0.3, -0.25) is 19.3 Å². The Balaban J connectivity index is 1.63. The number of halogens is 1. The number of hydrogen-bond acceptors (Lipinski definition) is 5. The Morgan fingerprint density at radius 2 is 2.03 bits per heavy atom. The first-order chi connectivity index (χ1) is 14.3. The fourth-order valence-corrected chi connectivity index (χ4v) is 5.33. The first-order valence-corrected chi connectivity index (χ1v) is 10.5. The maximum absolute atomic E-state index is 13.7. The van der Waals surface area contributed by atoms with Gasteiger partial charge in [0.1, 0.15) is 16.9 Å². The Hall–Kier alpha value is -2.78. The lowest BCUT2D eigenvalue weighted by molar-refractivity contribution is -0.137. The van der Waals surface area contributed by atoms with E-state index >= 15 is 0 Å². The largest absolute Gasteiger partial charge is 0.336 e. The molecule has 30 heavy (non-hydrogen) atoms. The molecule has 2 aliphatic rings. The van der Waals surface area contributed by atoms with Crippen molar-refractivity contribution in [2.75, 3.05) is 39.5 Å². The summed E-state index contributed by atoms with van der Waals surface area (Å²) in [6.07, 6.45) is 0.533. The maximum Gasteiger partial charge on any atom is 0.257 e. The second-order valence-corrected chi connectivity index (χ2v) is 8.95. The highest BCUT2D eigenvalue weighted by Crippen LogP contribution is 2.39. The van der Waals surface area contributed by atoms with E-state index in [1.54, 1.807) is 43.1 Å². The highest BCUT2D eigenvalue weighted by molar-refractivity contribution is 7.17. The van der Waals surface area contributed by atoms with Crippen LogP contribution in [0.3, 0.4) is 0 Å². The van der Waals surface area contributed by atoms with Crippen molar-refractivity contribution in [3.63, 3.8) is 0 Å². The van der Waals surface area contributed by atoms with E-state index in [9.17, 15) is 18.8 Å². The third kappa shape index (κ3) is 3.59. The summed E-state index contributed by atoms with van der Waals surface area (Å²) >= 11 is 1.35. The lowest BCUT2D eigenvalue weighted by atomic mass is 9.99. The summed E-state index contributed by atoms with van der Waals surface area (Å²) in [7, 11) is 5.20. The van der Waals surface area contributed by atoms with Gasteiger partial charge in [0.25, 0.3) is 5.91 Å². The zero-order valence-electron chi connectivity index (χ0n) is 17.1. The van der Waals surface area contributed by atoms with Gasteiger partial charge >= 0.3 is 0 Å². The van der Waals surface area contributed by atoms with Crippen LogP contribution in [0.4, 0.5) is 9.39 Å². The Morgan fingerprint density at radius 1 is 1.27 bits per heavy atom. The molecule has 7 nitrogen and oxygen atoms in total. The standard InChI is InChI=1S/C21H23FN4O3S/c1-24(2)18(12-5-4-6-13(22)9-12)21(29)26-8-7-14-15(10-26)30-19-17(14)20(28)25(3)11-16(27)23-19/h4-6,9,18H,7-8,10-11H2,1-3H3,(H,23,27). The fraction of sp³-hybridized carbons (Fsp3) is 0.381. The first kappa shape index (κ1) is 20.5. The molecule has 0 bridgehead atoms. The molecular formula is C21H23FN4O3S. The lowest BCUT2D eigenvalue weighted by Gasteiger charge is -2.33. The molecule has 0 saturated heterocycles. The summed E-state index contributed by atoms with van der Waals surface area (Å²) in [6.45, 7) is 0.843. The van der Waals surface area contributed by atoms with Gasteiger partial charge in [-0.2, -0.15) is 0 Å². The molecule has 3 heterocycles. The van der Waals surface area contributed by atoms with Gasteiger partial charge in [-0.05, 0) is 43.8 Å². The third-order valence-electron chi connectivity index (χ3n) is 5.48. The number of likely N-dealkylation sites (N-methyl/N-ethyl adjacent to an activating group) is 2. The highest BCUT2D eigenvalue weighted by Gasteiger charge is 2.36. The van der Waals surface area contributed by atoms with Crippen molar-refractivity contribution in [3.8, 4) is 0 Å². The SMILES string of the molecule is CN1CC(=O)Nc2sc3c(c2C1=O)CCN(C(=O)C(c1cccc(F)c1)N(C)C)C3. The van der Waals surface area contributed by atoms with E-state index in [0.29, 0.717) is 35.6 Å². The van der Waals surface area contributed by atoms with Crippen LogP contribution >= 0.6 is 11.3 Å². The van der Waals surface area contributed by atoms with Crippen molar-refractivity contribution in [1.82, 2.24) is 14.7 Å². The van der Waals surface area contributed by atoms with Crippen LogP contribution < -0.4 is 5.32 Å². The van der Waals surface area contributed by atoms with Crippen LogP contribution in [0, 0.1) is 5.82 Å². The number of carbonyl (C=O) groups is 3. The Morgan fingerprint density at radius 3 is 2.73 bits per heavy atom. The number of benzene rings is 1. The van der Waals surface area contributed by atoms with Gasteiger partial charge in [0.05, 0.1) is 18.7 Å². The quantitative estimate of drug-likeness (QED) is 0.810. The van der Waals surface area contributed by atoms with Crippen molar-refractivity contribution in [1.29, 1.82) is 0 Å². The van der Waals surface area contributed by atoms with E-state index in [0.717, 1.165) is 10.4 Å². The molecule has 1 aromatic carbocycles. The van der Waals surface area contributed by atoms with Crippen LogP contribution in [-0.2, 0) is 22.6 Å². The van der Waals surface area contributed by atoms with E-state index in [1.807, 2.05) is 0 Å². The average Bonchev–Trinajstić information content (AvgIpc) is 2.98. The number of nitrogens with zero attached hydrogens (tertiary/aromatic N) is 3. The number of rotatable bonds is 3. The molecule has 0 fully saturated rings. The molecule has 0 saturated carbocycles. The monoisotopic (exact) mass is 430 g/mol. The number of nitrogens with one attached hydrogen (secondary N) is 1. The van der Waals surface area contributed by atoms with Gasteiger partial charge in [0, 0.05) is 18.5 Å². The van der Waals surface area contributed by atoms with Gasteiger partial charge in [-0.25, -0.2) is 4.39 Å². The molecule has 0 spiro atoms. The van der Waals surface area contributed by atoms with Crippen LogP contribution in [0.2, 0.25) is 0 Å². The summed E-state index contributed by atoms with van der Waals surface area (Å²) in [4.78, 5) is 44.0. The second kappa shape index (κ2) is 7.81. The molecule has 2 aliphatic heterocycles. The molecule has 0 radical (unpaired) electrons. The highest BCUT2D eigenvalue weighted by atomic mass is 32.1. The molecule has 158 valence electrons. The van der Waals surface area contributed by atoms with E-state index in [4.69, 9.17) is 0 Å². The molecular weight excluding hydrogens is 407 g/mol. The topological polar surface area (TPSA) is 73.0 Å². The molecule has 1 aromatic heterocycles. The Labute approximate surface area is 178 Å². The van der Waals surface area contributed by atoms with Crippen LogP contribution in [0.15, 0.2) is 24.3 Å². The zero-order chi connectivity index (χ0) is 21.6. The summed E-state index contributed by atoms with van der Waals surface area (Å²) in [5, 5.41) is 3.38. The van der Waals surface area contributed by atoms with Crippen LogP contribution in [0.5, 0.6) is 0 Å². The van der Waals surface area contributed by atoms with Crippen molar-refractivity contribution < 1.29 is 18.8 Å².